The van der Waals surface area contributed by atoms with Crippen LogP contribution in [0, 0.1) is 0 Å². The van der Waals surface area contributed by atoms with Crippen molar-refractivity contribution in [1.82, 2.24) is 14.5 Å². The predicted octanol–water partition coefficient (Wildman–Crippen LogP) is 0.0848. The largest absolute Gasteiger partial charge is 0.480 e. The Balaban J connectivity index is 2.70. The average Bonchev–Trinajstić information content (AvgIpc) is 2.65. The van der Waals surface area contributed by atoms with Crippen molar-refractivity contribution < 1.29 is 14.7 Å². The van der Waals surface area contributed by atoms with Crippen LogP contribution in [-0.2, 0) is 4.79 Å². The van der Waals surface area contributed by atoms with Gasteiger partial charge in [-0.3, -0.25) is 9.59 Å². The summed E-state index contributed by atoms with van der Waals surface area (Å²) in [7, 11) is 0. The van der Waals surface area contributed by atoms with E-state index in [0.29, 0.717) is 6.54 Å². The molecule has 1 rings (SSSR count). The number of nitrogens with zero attached hydrogens (tertiary/aromatic N) is 3. The number of aromatic nitrogens is 2. The van der Waals surface area contributed by atoms with Gasteiger partial charge in [-0.15, -0.1) is 5.10 Å². The molecule has 0 saturated heterocycles. The standard InChI is InChI=1S/C7H9N3O3S/c1-2-10(3-6(11)12)7(13)5-4-14-9-8-5/h4H,2-3H2,1H3,(H,11,12). The molecule has 0 fully saturated rings. The molecule has 1 aromatic heterocycles. The molecule has 0 atom stereocenters. The summed E-state index contributed by atoms with van der Waals surface area (Å²) in [4.78, 5) is 23.1. The van der Waals surface area contributed by atoms with E-state index in [9.17, 15) is 9.59 Å². The molecule has 1 heterocycles. The minimum Gasteiger partial charge on any atom is -0.480 e. The van der Waals surface area contributed by atoms with Crippen molar-refractivity contribution in [2.24, 2.45) is 0 Å². The molecule has 0 aliphatic carbocycles. The Hall–Kier alpha value is -1.50. The molecular weight excluding hydrogens is 206 g/mol. The van der Waals surface area contributed by atoms with Crippen molar-refractivity contribution >= 4 is 23.4 Å². The van der Waals surface area contributed by atoms with Gasteiger partial charge in [0.05, 0.1) is 0 Å². The van der Waals surface area contributed by atoms with Gasteiger partial charge >= 0.3 is 5.97 Å². The Kier molecular flexibility index (Phi) is 3.52. The molecule has 0 unspecified atom stereocenters. The van der Waals surface area contributed by atoms with Gasteiger partial charge in [0.1, 0.15) is 6.54 Å². The lowest BCUT2D eigenvalue weighted by Crippen LogP contribution is -2.35. The first-order chi connectivity index (χ1) is 6.65. The lowest BCUT2D eigenvalue weighted by Gasteiger charge is -2.16. The molecular formula is C7H9N3O3S. The van der Waals surface area contributed by atoms with E-state index in [1.807, 2.05) is 0 Å². The van der Waals surface area contributed by atoms with E-state index < -0.39 is 11.9 Å². The van der Waals surface area contributed by atoms with Crippen LogP contribution in [0.3, 0.4) is 0 Å². The second-order valence-corrected chi connectivity index (χ2v) is 3.11. The second-order valence-electron chi connectivity index (χ2n) is 2.50. The number of hydrogen-bond donors (Lipinski definition) is 1. The van der Waals surface area contributed by atoms with E-state index in [1.165, 1.54) is 10.3 Å². The highest BCUT2D eigenvalue weighted by Crippen LogP contribution is 2.02. The van der Waals surface area contributed by atoms with E-state index in [2.05, 4.69) is 9.59 Å². The van der Waals surface area contributed by atoms with Gasteiger partial charge in [-0.2, -0.15) is 0 Å². The first-order valence-electron chi connectivity index (χ1n) is 3.93. The number of carbonyl (C=O) groups excluding carboxylic acids is 1. The number of aliphatic carboxylic acids is 1. The molecule has 1 aromatic rings. The van der Waals surface area contributed by atoms with Gasteiger partial charge in [0.15, 0.2) is 5.69 Å². The van der Waals surface area contributed by atoms with Gasteiger partial charge in [0.2, 0.25) is 0 Å². The van der Waals surface area contributed by atoms with E-state index in [1.54, 1.807) is 6.92 Å². The zero-order valence-electron chi connectivity index (χ0n) is 7.51. The molecule has 0 spiro atoms. The number of carboxylic acids is 1. The van der Waals surface area contributed by atoms with Crippen LogP contribution in [-0.4, -0.2) is 44.6 Å². The zero-order chi connectivity index (χ0) is 10.6. The van der Waals surface area contributed by atoms with Crippen LogP contribution in [0.25, 0.3) is 0 Å². The lowest BCUT2D eigenvalue weighted by atomic mass is 10.4. The summed E-state index contributed by atoms with van der Waals surface area (Å²) in [5.74, 6) is -1.44. The third-order valence-electron chi connectivity index (χ3n) is 1.57. The monoisotopic (exact) mass is 215 g/mol. The molecule has 0 aliphatic heterocycles. The zero-order valence-corrected chi connectivity index (χ0v) is 8.32. The van der Waals surface area contributed by atoms with Crippen LogP contribution < -0.4 is 0 Å². The SMILES string of the molecule is CCN(CC(=O)O)C(=O)c1csnn1. The van der Waals surface area contributed by atoms with Gasteiger partial charge in [-0.05, 0) is 18.5 Å². The van der Waals surface area contributed by atoms with Crippen molar-refractivity contribution in [3.05, 3.63) is 11.1 Å². The summed E-state index contributed by atoms with van der Waals surface area (Å²) >= 11 is 1.06. The number of carboxylic acid groups (broad SMARTS) is 1. The van der Waals surface area contributed by atoms with Crippen LogP contribution in [0.2, 0.25) is 0 Å². The van der Waals surface area contributed by atoms with Gasteiger partial charge in [0, 0.05) is 11.9 Å². The van der Waals surface area contributed by atoms with Crippen LogP contribution in [0.1, 0.15) is 17.4 Å². The summed E-state index contributed by atoms with van der Waals surface area (Å²) in [6, 6.07) is 0. The van der Waals surface area contributed by atoms with Crippen molar-refractivity contribution in [3.8, 4) is 0 Å². The maximum absolute atomic E-state index is 11.5. The number of amides is 1. The Morgan fingerprint density at radius 3 is 2.79 bits per heavy atom. The smallest absolute Gasteiger partial charge is 0.323 e. The van der Waals surface area contributed by atoms with Gasteiger partial charge in [-0.25, -0.2) is 0 Å². The highest BCUT2D eigenvalue weighted by Gasteiger charge is 2.18. The third-order valence-corrected chi connectivity index (χ3v) is 2.08. The highest BCUT2D eigenvalue weighted by molar-refractivity contribution is 7.03. The fourth-order valence-corrected chi connectivity index (χ4v) is 1.34. The summed E-state index contributed by atoms with van der Waals surface area (Å²) in [6.45, 7) is 1.73. The van der Waals surface area contributed by atoms with Crippen LogP contribution in [0.15, 0.2) is 5.38 Å². The first kappa shape index (κ1) is 10.6. The van der Waals surface area contributed by atoms with Gasteiger partial charge in [0.25, 0.3) is 5.91 Å². The van der Waals surface area contributed by atoms with E-state index in [0.717, 1.165) is 11.5 Å². The number of likely N-dealkylation sites (N-methyl/N-ethyl adjacent to an activating group) is 1. The molecule has 0 radical (unpaired) electrons. The fraction of sp³-hybridized carbons (Fsp3) is 0.429. The molecule has 0 aliphatic rings. The van der Waals surface area contributed by atoms with Crippen molar-refractivity contribution in [2.45, 2.75) is 6.92 Å². The van der Waals surface area contributed by atoms with E-state index in [4.69, 9.17) is 5.11 Å². The normalized spacial score (nSPS) is 9.79. The molecule has 7 heteroatoms. The maximum Gasteiger partial charge on any atom is 0.323 e. The van der Waals surface area contributed by atoms with E-state index in [-0.39, 0.29) is 12.2 Å². The molecule has 76 valence electrons. The Morgan fingerprint density at radius 1 is 1.64 bits per heavy atom. The first-order valence-corrected chi connectivity index (χ1v) is 4.77. The number of carbonyl (C=O) groups is 2. The third kappa shape index (κ3) is 2.49. The van der Waals surface area contributed by atoms with Crippen molar-refractivity contribution in [2.75, 3.05) is 13.1 Å². The number of rotatable bonds is 4. The summed E-state index contributed by atoms with van der Waals surface area (Å²) < 4.78 is 3.54. The van der Waals surface area contributed by atoms with Crippen LogP contribution in [0.4, 0.5) is 0 Å². The van der Waals surface area contributed by atoms with Gasteiger partial charge < -0.3 is 10.0 Å². The van der Waals surface area contributed by atoms with Crippen LogP contribution in [0.5, 0.6) is 0 Å². The quantitative estimate of drug-likeness (QED) is 0.769. The fourth-order valence-electron chi connectivity index (χ4n) is 0.910. The predicted molar refractivity (Wildman–Crippen MR) is 49.1 cm³/mol. The lowest BCUT2D eigenvalue weighted by molar-refractivity contribution is -0.137. The molecule has 0 bridgehead atoms. The highest BCUT2D eigenvalue weighted by atomic mass is 32.1. The Morgan fingerprint density at radius 2 is 2.36 bits per heavy atom. The van der Waals surface area contributed by atoms with E-state index >= 15 is 0 Å². The summed E-state index contributed by atoms with van der Waals surface area (Å²) in [5, 5.41) is 13.6. The van der Waals surface area contributed by atoms with Crippen molar-refractivity contribution in [3.63, 3.8) is 0 Å². The molecule has 14 heavy (non-hydrogen) atoms. The minimum atomic E-state index is -1.04. The second kappa shape index (κ2) is 4.66. The summed E-state index contributed by atoms with van der Waals surface area (Å²) in [5.41, 5.74) is 0.193. The molecule has 1 amide bonds. The molecule has 6 nitrogen and oxygen atoms in total. The molecule has 1 N–H and O–H groups in total. The van der Waals surface area contributed by atoms with Crippen molar-refractivity contribution in [1.29, 1.82) is 0 Å². The topological polar surface area (TPSA) is 83.4 Å². The van der Waals surface area contributed by atoms with Crippen LogP contribution >= 0.6 is 11.5 Å². The van der Waals surface area contributed by atoms with Gasteiger partial charge in [-0.1, -0.05) is 4.49 Å². The Labute approximate surface area is 84.3 Å². The maximum atomic E-state index is 11.5. The average molecular weight is 215 g/mol. The molecule has 0 saturated carbocycles. The number of hydrogen-bond acceptors (Lipinski definition) is 5. The Bertz CT molecular complexity index is 325. The molecule has 0 aromatic carbocycles. The minimum absolute atomic E-state index is 0.193. The summed E-state index contributed by atoms with van der Waals surface area (Å²) in [6.07, 6.45) is 0.